The van der Waals surface area contributed by atoms with Crippen LogP contribution in [0.4, 0.5) is 5.69 Å². The Kier molecular flexibility index (Phi) is 3.79. The SMILES string of the molecule is Cc1nc(C2Nc3ccccc3C(=O)N2CC2CCCO2)cs1. The summed E-state index contributed by atoms with van der Waals surface area (Å²) in [6.07, 6.45) is 1.96. The van der Waals surface area contributed by atoms with Crippen LogP contribution in [0.3, 0.4) is 0 Å². The smallest absolute Gasteiger partial charge is 0.257 e. The Hall–Kier alpha value is -1.92. The second-order valence-corrected chi connectivity index (χ2v) is 7.04. The topological polar surface area (TPSA) is 54.5 Å². The molecule has 3 heterocycles. The first-order valence-electron chi connectivity index (χ1n) is 7.92. The Balaban J connectivity index is 1.70. The molecule has 6 heteroatoms. The second kappa shape index (κ2) is 5.94. The van der Waals surface area contributed by atoms with E-state index in [0.717, 1.165) is 35.8 Å². The minimum atomic E-state index is -0.230. The molecule has 0 aliphatic carbocycles. The fourth-order valence-electron chi connectivity index (χ4n) is 3.23. The lowest BCUT2D eigenvalue weighted by Crippen LogP contribution is -2.46. The molecular formula is C17H19N3O2S. The van der Waals surface area contributed by atoms with Gasteiger partial charge in [0.15, 0.2) is 0 Å². The summed E-state index contributed by atoms with van der Waals surface area (Å²) in [5, 5.41) is 6.50. The van der Waals surface area contributed by atoms with Crippen molar-refractivity contribution in [3.05, 3.63) is 45.9 Å². The molecule has 1 N–H and O–H groups in total. The van der Waals surface area contributed by atoms with Gasteiger partial charge in [0.05, 0.1) is 22.4 Å². The van der Waals surface area contributed by atoms with Crippen molar-refractivity contribution in [3.63, 3.8) is 0 Å². The van der Waals surface area contributed by atoms with E-state index in [1.54, 1.807) is 11.3 Å². The molecule has 1 aromatic carbocycles. The van der Waals surface area contributed by atoms with Crippen LogP contribution in [0, 0.1) is 6.92 Å². The van der Waals surface area contributed by atoms with Gasteiger partial charge >= 0.3 is 0 Å². The van der Waals surface area contributed by atoms with Gasteiger partial charge < -0.3 is 15.0 Å². The molecule has 5 nitrogen and oxygen atoms in total. The van der Waals surface area contributed by atoms with Crippen molar-refractivity contribution in [1.82, 2.24) is 9.88 Å². The van der Waals surface area contributed by atoms with Crippen LogP contribution in [0.25, 0.3) is 0 Å². The molecule has 23 heavy (non-hydrogen) atoms. The van der Waals surface area contributed by atoms with E-state index in [1.165, 1.54) is 0 Å². The first-order valence-corrected chi connectivity index (χ1v) is 8.80. The maximum Gasteiger partial charge on any atom is 0.257 e. The van der Waals surface area contributed by atoms with Crippen LogP contribution in [0.1, 0.15) is 40.1 Å². The first kappa shape index (κ1) is 14.7. The van der Waals surface area contributed by atoms with E-state index >= 15 is 0 Å². The molecule has 4 rings (SSSR count). The highest BCUT2D eigenvalue weighted by atomic mass is 32.1. The van der Waals surface area contributed by atoms with E-state index in [-0.39, 0.29) is 18.2 Å². The minimum absolute atomic E-state index is 0.0468. The zero-order valence-corrected chi connectivity index (χ0v) is 13.8. The number of fused-ring (bicyclic) bond motifs is 1. The van der Waals surface area contributed by atoms with Gasteiger partial charge in [-0.3, -0.25) is 4.79 Å². The quantitative estimate of drug-likeness (QED) is 0.939. The predicted molar refractivity (Wildman–Crippen MR) is 89.7 cm³/mol. The molecule has 1 aromatic heterocycles. The van der Waals surface area contributed by atoms with E-state index in [0.29, 0.717) is 12.1 Å². The highest BCUT2D eigenvalue weighted by molar-refractivity contribution is 7.09. The number of hydrogen-bond acceptors (Lipinski definition) is 5. The average Bonchev–Trinajstić information content (AvgIpc) is 3.21. The molecule has 0 radical (unpaired) electrons. The number of nitrogens with one attached hydrogen (secondary N) is 1. The van der Waals surface area contributed by atoms with Gasteiger partial charge in [0, 0.05) is 24.2 Å². The van der Waals surface area contributed by atoms with Crippen LogP contribution in [0.5, 0.6) is 0 Å². The van der Waals surface area contributed by atoms with Gasteiger partial charge in [-0.25, -0.2) is 4.98 Å². The lowest BCUT2D eigenvalue weighted by atomic mass is 10.1. The van der Waals surface area contributed by atoms with E-state index in [9.17, 15) is 4.79 Å². The summed E-state index contributed by atoms with van der Waals surface area (Å²) in [4.78, 5) is 19.5. The van der Waals surface area contributed by atoms with Crippen molar-refractivity contribution in [2.75, 3.05) is 18.5 Å². The minimum Gasteiger partial charge on any atom is -0.376 e. The normalized spacial score (nSPS) is 23.7. The van der Waals surface area contributed by atoms with Gasteiger partial charge in [0.1, 0.15) is 6.17 Å². The summed E-state index contributed by atoms with van der Waals surface area (Å²) in [6.45, 7) is 3.37. The van der Waals surface area contributed by atoms with Crippen molar-refractivity contribution in [2.45, 2.75) is 32.0 Å². The fourth-order valence-corrected chi connectivity index (χ4v) is 3.86. The van der Waals surface area contributed by atoms with Crippen LogP contribution in [-0.4, -0.2) is 35.0 Å². The molecule has 2 unspecified atom stereocenters. The number of rotatable bonds is 3. The standard InChI is InChI=1S/C17H19N3O2S/c1-11-18-15(10-23-11)16-19-14-7-3-2-6-13(14)17(21)20(16)9-12-5-4-8-22-12/h2-3,6-7,10,12,16,19H,4-5,8-9H2,1H3. The fraction of sp³-hybridized carbons (Fsp3) is 0.412. The van der Waals surface area contributed by atoms with Crippen molar-refractivity contribution < 1.29 is 9.53 Å². The van der Waals surface area contributed by atoms with Crippen LogP contribution < -0.4 is 5.32 Å². The summed E-state index contributed by atoms with van der Waals surface area (Å²) >= 11 is 1.61. The van der Waals surface area contributed by atoms with Crippen molar-refractivity contribution in [3.8, 4) is 0 Å². The number of thiazole rings is 1. The lowest BCUT2D eigenvalue weighted by molar-refractivity contribution is 0.0423. The summed E-state index contributed by atoms with van der Waals surface area (Å²) in [5.41, 5.74) is 2.48. The lowest BCUT2D eigenvalue weighted by Gasteiger charge is -2.38. The Morgan fingerprint density at radius 3 is 3.04 bits per heavy atom. The number of nitrogens with zero attached hydrogens (tertiary/aromatic N) is 2. The Morgan fingerprint density at radius 2 is 2.30 bits per heavy atom. The summed E-state index contributed by atoms with van der Waals surface area (Å²) < 4.78 is 5.74. The van der Waals surface area contributed by atoms with E-state index < -0.39 is 0 Å². The van der Waals surface area contributed by atoms with Crippen molar-refractivity contribution in [2.24, 2.45) is 0 Å². The average molecular weight is 329 g/mol. The zero-order valence-electron chi connectivity index (χ0n) is 13.0. The van der Waals surface area contributed by atoms with Crippen LogP contribution >= 0.6 is 11.3 Å². The van der Waals surface area contributed by atoms with Crippen LogP contribution in [-0.2, 0) is 4.74 Å². The number of benzene rings is 1. The number of amides is 1. The van der Waals surface area contributed by atoms with E-state index in [1.807, 2.05) is 41.5 Å². The molecule has 0 bridgehead atoms. The van der Waals surface area contributed by atoms with E-state index in [4.69, 9.17) is 4.74 Å². The number of para-hydroxylation sites is 1. The molecule has 120 valence electrons. The maximum absolute atomic E-state index is 13.0. The summed E-state index contributed by atoms with van der Waals surface area (Å²) in [5.74, 6) is 0.0468. The second-order valence-electron chi connectivity index (χ2n) is 5.98. The number of anilines is 1. The number of aryl methyl sites for hydroxylation is 1. The molecule has 2 aliphatic heterocycles. The number of carbonyl (C=O) groups excluding carboxylic acids is 1. The predicted octanol–water partition coefficient (Wildman–Crippen LogP) is 3.20. The van der Waals surface area contributed by atoms with Gasteiger partial charge in [-0.1, -0.05) is 12.1 Å². The number of ether oxygens (including phenoxy) is 1. The third-order valence-electron chi connectivity index (χ3n) is 4.36. The Bertz CT molecular complexity index is 724. The van der Waals surface area contributed by atoms with Crippen LogP contribution in [0.2, 0.25) is 0 Å². The molecule has 2 atom stereocenters. The molecular weight excluding hydrogens is 310 g/mol. The van der Waals surface area contributed by atoms with Gasteiger partial charge in [-0.2, -0.15) is 0 Å². The largest absolute Gasteiger partial charge is 0.376 e. The van der Waals surface area contributed by atoms with Crippen molar-refractivity contribution >= 4 is 22.9 Å². The molecule has 2 aliphatic rings. The van der Waals surface area contributed by atoms with Crippen molar-refractivity contribution in [1.29, 1.82) is 0 Å². The molecule has 0 spiro atoms. The van der Waals surface area contributed by atoms with Gasteiger partial charge in [0.2, 0.25) is 0 Å². The van der Waals surface area contributed by atoms with Gasteiger partial charge in [-0.15, -0.1) is 11.3 Å². The molecule has 1 amide bonds. The molecule has 2 aromatic rings. The number of carbonyl (C=O) groups is 1. The van der Waals surface area contributed by atoms with Gasteiger partial charge in [-0.05, 0) is 31.9 Å². The third-order valence-corrected chi connectivity index (χ3v) is 5.16. The summed E-state index contributed by atoms with van der Waals surface area (Å²) in [6, 6.07) is 7.66. The van der Waals surface area contributed by atoms with Gasteiger partial charge in [0.25, 0.3) is 5.91 Å². The third kappa shape index (κ3) is 2.72. The maximum atomic E-state index is 13.0. The highest BCUT2D eigenvalue weighted by Crippen LogP contribution is 2.34. The monoisotopic (exact) mass is 329 g/mol. The first-order chi connectivity index (χ1) is 11.2. The molecule has 0 saturated carbocycles. The Labute approximate surface area is 139 Å². The molecule has 1 fully saturated rings. The number of hydrogen-bond donors (Lipinski definition) is 1. The molecule has 1 saturated heterocycles. The highest BCUT2D eigenvalue weighted by Gasteiger charge is 2.36. The van der Waals surface area contributed by atoms with E-state index in [2.05, 4.69) is 10.3 Å². The summed E-state index contributed by atoms with van der Waals surface area (Å²) in [7, 11) is 0. The zero-order chi connectivity index (χ0) is 15.8. The van der Waals surface area contributed by atoms with Crippen LogP contribution in [0.15, 0.2) is 29.6 Å². The Morgan fingerprint density at radius 1 is 1.43 bits per heavy atom. The number of aromatic nitrogens is 1.